The second kappa shape index (κ2) is 7.35. The van der Waals surface area contributed by atoms with Gasteiger partial charge in [0.2, 0.25) is 0 Å². The molecule has 0 bridgehead atoms. The zero-order valence-corrected chi connectivity index (χ0v) is 14.1. The van der Waals surface area contributed by atoms with Crippen LogP contribution in [0.3, 0.4) is 0 Å². The Morgan fingerprint density at radius 2 is 1.86 bits per heavy atom. The summed E-state index contributed by atoms with van der Waals surface area (Å²) in [5.41, 5.74) is 0.647. The lowest BCUT2D eigenvalue weighted by Crippen LogP contribution is -2.46. The van der Waals surface area contributed by atoms with Crippen LogP contribution in [-0.2, 0) is 10.2 Å². The highest BCUT2D eigenvalue weighted by Gasteiger charge is 2.33. The Balaban J connectivity index is 2.19. The van der Waals surface area contributed by atoms with Gasteiger partial charge in [0.1, 0.15) is 0 Å². The molecule has 0 amide bonds. The molecule has 1 aliphatic heterocycles. The Kier molecular flexibility index (Phi) is 5.72. The van der Waals surface area contributed by atoms with Crippen LogP contribution in [0.5, 0.6) is 0 Å². The van der Waals surface area contributed by atoms with Gasteiger partial charge < -0.3 is 0 Å². The second-order valence-corrected chi connectivity index (χ2v) is 7.99. The molecular weight excluding hydrogens is 300 g/mol. The van der Waals surface area contributed by atoms with Crippen LogP contribution in [0, 0.1) is 0 Å². The molecule has 0 radical (unpaired) electrons. The van der Waals surface area contributed by atoms with E-state index in [2.05, 4.69) is 0 Å². The highest BCUT2D eigenvalue weighted by Crippen LogP contribution is 2.24. The third-order valence-electron chi connectivity index (χ3n) is 4.10. The first-order valence-corrected chi connectivity index (χ1v) is 9.10. The maximum Gasteiger partial charge on any atom is 0.281 e. The molecule has 22 heavy (non-hydrogen) atoms. The number of Topliss-reactive ketones (excluding diaryl/α,β-unsaturated/α-hetero) is 1. The van der Waals surface area contributed by atoms with Crippen LogP contribution in [0.4, 0.5) is 0 Å². The van der Waals surface area contributed by atoms with E-state index >= 15 is 0 Å². The van der Waals surface area contributed by atoms with Gasteiger partial charge in [-0.05, 0) is 12.8 Å². The minimum Gasteiger partial charge on any atom is -0.294 e. The Bertz CT molecular complexity index is 599. The standard InChI is InChI=1S/C16H24N2O3S/c1-17(2)22(20,21)18-12-8-4-7-11-15(18)13-16(19)14-9-5-3-6-10-14/h3,5-6,9-10,15H,4,7-8,11-13H2,1-2H3/t15-/m1/s1. The van der Waals surface area contributed by atoms with Crippen molar-refractivity contribution in [1.29, 1.82) is 0 Å². The van der Waals surface area contributed by atoms with Crippen LogP contribution in [0.15, 0.2) is 30.3 Å². The van der Waals surface area contributed by atoms with Crippen molar-refractivity contribution in [2.45, 2.75) is 38.1 Å². The summed E-state index contributed by atoms with van der Waals surface area (Å²) in [6, 6.07) is 8.84. The fraction of sp³-hybridized carbons (Fsp3) is 0.562. The van der Waals surface area contributed by atoms with Crippen LogP contribution in [-0.4, -0.2) is 49.5 Å². The third kappa shape index (κ3) is 3.94. The maximum absolute atomic E-state index is 12.5. The summed E-state index contributed by atoms with van der Waals surface area (Å²) in [4.78, 5) is 12.4. The van der Waals surface area contributed by atoms with Gasteiger partial charge >= 0.3 is 0 Å². The summed E-state index contributed by atoms with van der Waals surface area (Å²) in [7, 11) is -0.410. The van der Waals surface area contributed by atoms with E-state index in [1.165, 1.54) is 22.7 Å². The molecule has 1 aromatic rings. The molecule has 1 atom stereocenters. The van der Waals surface area contributed by atoms with Crippen molar-refractivity contribution in [3.63, 3.8) is 0 Å². The topological polar surface area (TPSA) is 57.7 Å². The van der Waals surface area contributed by atoms with Crippen LogP contribution in [0.2, 0.25) is 0 Å². The predicted molar refractivity (Wildman–Crippen MR) is 87.0 cm³/mol. The van der Waals surface area contributed by atoms with Gasteiger partial charge in [0, 0.05) is 38.7 Å². The van der Waals surface area contributed by atoms with Gasteiger partial charge in [-0.1, -0.05) is 43.2 Å². The number of carbonyl (C=O) groups is 1. The van der Waals surface area contributed by atoms with Gasteiger partial charge in [-0.25, -0.2) is 0 Å². The fourth-order valence-corrected chi connectivity index (χ4v) is 4.16. The summed E-state index contributed by atoms with van der Waals surface area (Å²) in [5, 5.41) is 0. The SMILES string of the molecule is CN(C)S(=O)(=O)N1CCCCC[C@@H]1CC(=O)c1ccccc1. The zero-order valence-electron chi connectivity index (χ0n) is 13.2. The molecule has 1 fully saturated rings. The minimum absolute atomic E-state index is 0.00598. The average molecular weight is 324 g/mol. The minimum atomic E-state index is -3.49. The summed E-state index contributed by atoms with van der Waals surface area (Å²) >= 11 is 0. The molecule has 0 spiro atoms. The van der Waals surface area contributed by atoms with E-state index in [9.17, 15) is 13.2 Å². The number of benzene rings is 1. The molecule has 0 saturated carbocycles. The molecule has 0 aromatic heterocycles. The number of ketones is 1. The van der Waals surface area contributed by atoms with Crippen LogP contribution >= 0.6 is 0 Å². The lowest BCUT2D eigenvalue weighted by atomic mass is 10.0. The lowest BCUT2D eigenvalue weighted by molar-refractivity contribution is 0.0951. The Morgan fingerprint density at radius 3 is 2.50 bits per heavy atom. The molecule has 6 heteroatoms. The lowest BCUT2D eigenvalue weighted by Gasteiger charge is -2.31. The first kappa shape index (κ1) is 17.1. The molecule has 1 aromatic carbocycles. The highest BCUT2D eigenvalue weighted by molar-refractivity contribution is 7.86. The largest absolute Gasteiger partial charge is 0.294 e. The smallest absolute Gasteiger partial charge is 0.281 e. The van der Waals surface area contributed by atoms with E-state index in [4.69, 9.17) is 0 Å². The number of carbonyl (C=O) groups excluding carboxylic acids is 1. The van der Waals surface area contributed by atoms with Crippen LogP contribution in [0.25, 0.3) is 0 Å². The van der Waals surface area contributed by atoms with E-state index in [1.807, 2.05) is 18.2 Å². The average Bonchev–Trinajstić information content (AvgIpc) is 2.73. The third-order valence-corrected chi connectivity index (χ3v) is 6.09. The van der Waals surface area contributed by atoms with Crippen molar-refractivity contribution >= 4 is 16.0 Å². The molecule has 1 aliphatic rings. The summed E-state index contributed by atoms with van der Waals surface area (Å²) in [6.07, 6.45) is 3.81. The van der Waals surface area contributed by atoms with Crippen molar-refractivity contribution in [3.8, 4) is 0 Å². The molecule has 0 unspecified atom stereocenters. The van der Waals surface area contributed by atoms with Crippen molar-refractivity contribution in [2.75, 3.05) is 20.6 Å². The molecule has 2 rings (SSSR count). The van der Waals surface area contributed by atoms with Crippen molar-refractivity contribution in [3.05, 3.63) is 35.9 Å². The molecular formula is C16H24N2O3S. The summed E-state index contributed by atoms with van der Waals surface area (Å²) in [5.74, 6) is 0.00598. The molecule has 1 heterocycles. The maximum atomic E-state index is 12.5. The number of rotatable bonds is 5. The number of hydrogen-bond acceptors (Lipinski definition) is 3. The second-order valence-electron chi connectivity index (χ2n) is 5.90. The van der Waals surface area contributed by atoms with Crippen molar-refractivity contribution in [2.24, 2.45) is 0 Å². The first-order valence-electron chi connectivity index (χ1n) is 7.70. The number of nitrogens with zero attached hydrogens (tertiary/aromatic N) is 2. The van der Waals surface area contributed by atoms with Gasteiger partial charge in [-0.2, -0.15) is 17.0 Å². The van der Waals surface area contributed by atoms with Crippen molar-refractivity contribution in [1.82, 2.24) is 8.61 Å². The van der Waals surface area contributed by atoms with E-state index < -0.39 is 10.2 Å². The molecule has 0 aliphatic carbocycles. The van der Waals surface area contributed by atoms with Gasteiger partial charge in [0.15, 0.2) is 5.78 Å². The van der Waals surface area contributed by atoms with Gasteiger partial charge in [-0.15, -0.1) is 0 Å². The van der Waals surface area contributed by atoms with E-state index in [-0.39, 0.29) is 18.2 Å². The molecule has 0 N–H and O–H groups in total. The normalized spacial score (nSPS) is 20.8. The van der Waals surface area contributed by atoms with Crippen LogP contribution in [0.1, 0.15) is 42.5 Å². The molecule has 1 saturated heterocycles. The quantitative estimate of drug-likeness (QED) is 0.781. The fourth-order valence-electron chi connectivity index (χ4n) is 2.82. The highest BCUT2D eigenvalue weighted by atomic mass is 32.2. The van der Waals surface area contributed by atoms with Crippen LogP contribution < -0.4 is 0 Å². The zero-order chi connectivity index (χ0) is 16.2. The van der Waals surface area contributed by atoms with Crippen molar-refractivity contribution < 1.29 is 13.2 Å². The monoisotopic (exact) mass is 324 g/mol. The summed E-state index contributed by atoms with van der Waals surface area (Å²) in [6.45, 7) is 0.493. The van der Waals surface area contributed by atoms with Gasteiger partial charge in [0.25, 0.3) is 10.2 Å². The number of hydrogen-bond donors (Lipinski definition) is 0. The van der Waals surface area contributed by atoms with Gasteiger partial charge in [0.05, 0.1) is 0 Å². The first-order chi connectivity index (χ1) is 10.4. The molecule has 122 valence electrons. The van der Waals surface area contributed by atoms with E-state index in [0.717, 1.165) is 25.7 Å². The Morgan fingerprint density at radius 1 is 1.18 bits per heavy atom. The molecule has 5 nitrogen and oxygen atoms in total. The van der Waals surface area contributed by atoms with E-state index in [1.54, 1.807) is 12.1 Å². The van der Waals surface area contributed by atoms with E-state index in [0.29, 0.717) is 12.1 Å². The Labute approximate surface area is 133 Å². The predicted octanol–water partition coefficient (Wildman–Crippen LogP) is 2.31. The Hall–Kier alpha value is -1.24. The van der Waals surface area contributed by atoms with Gasteiger partial charge in [-0.3, -0.25) is 4.79 Å². The summed E-state index contributed by atoms with van der Waals surface area (Å²) < 4.78 is 27.8.